The van der Waals surface area contributed by atoms with Crippen molar-refractivity contribution in [3.8, 4) is 0 Å². The molecular weight excluding hydrogens is 487 g/mol. The first-order valence-corrected chi connectivity index (χ1v) is 9.62. The van der Waals surface area contributed by atoms with Crippen LogP contribution in [0.15, 0.2) is 53.5 Å². The summed E-state index contributed by atoms with van der Waals surface area (Å²) in [4.78, 5) is 8.93. The van der Waals surface area contributed by atoms with Gasteiger partial charge in [0.1, 0.15) is 0 Å². The number of para-hydroxylation sites is 1. The van der Waals surface area contributed by atoms with Gasteiger partial charge in [0.15, 0.2) is 5.96 Å². The zero-order valence-electron chi connectivity index (χ0n) is 16.4. The number of morpholine rings is 1. The molecule has 1 saturated heterocycles. The van der Waals surface area contributed by atoms with Gasteiger partial charge in [0, 0.05) is 51.0 Å². The fourth-order valence-corrected chi connectivity index (χ4v) is 3.40. The fraction of sp³-hybridized carbons (Fsp3) is 0.381. The Morgan fingerprint density at radius 1 is 1.14 bits per heavy atom. The second kappa shape index (κ2) is 11.5. The fourth-order valence-electron chi connectivity index (χ4n) is 3.27. The Hall–Kier alpha value is -1.51. The van der Waals surface area contributed by atoms with E-state index < -0.39 is 0 Å². The topological polar surface area (TPSA) is 40.1 Å². The first-order chi connectivity index (χ1) is 13.2. The molecule has 7 heteroatoms. The molecule has 0 spiro atoms. The van der Waals surface area contributed by atoms with Gasteiger partial charge in [0.25, 0.3) is 0 Å². The summed E-state index contributed by atoms with van der Waals surface area (Å²) in [6.45, 7) is 4.93. The van der Waals surface area contributed by atoms with Gasteiger partial charge in [0.2, 0.25) is 0 Å². The number of nitrogens with zero attached hydrogens (tertiary/aromatic N) is 3. The van der Waals surface area contributed by atoms with Crippen LogP contribution in [0.25, 0.3) is 0 Å². The third-order valence-corrected chi connectivity index (χ3v) is 4.94. The third-order valence-electron chi connectivity index (χ3n) is 4.69. The van der Waals surface area contributed by atoms with Crippen molar-refractivity contribution in [1.82, 2.24) is 10.2 Å². The van der Waals surface area contributed by atoms with Crippen molar-refractivity contribution in [2.75, 3.05) is 45.3 Å². The van der Waals surface area contributed by atoms with Gasteiger partial charge in [-0.05, 0) is 29.3 Å². The van der Waals surface area contributed by atoms with E-state index >= 15 is 0 Å². The van der Waals surface area contributed by atoms with Gasteiger partial charge in [-0.25, -0.2) is 0 Å². The highest BCUT2D eigenvalue weighted by molar-refractivity contribution is 14.0. The van der Waals surface area contributed by atoms with Gasteiger partial charge in [-0.3, -0.25) is 4.99 Å². The Bertz CT molecular complexity index is 763. The molecule has 1 aliphatic rings. The predicted molar refractivity (Wildman–Crippen MR) is 128 cm³/mol. The van der Waals surface area contributed by atoms with Crippen LogP contribution < -0.4 is 10.2 Å². The molecule has 1 fully saturated rings. The van der Waals surface area contributed by atoms with E-state index in [1.165, 1.54) is 16.8 Å². The normalized spacial score (nSPS) is 14.4. The minimum absolute atomic E-state index is 0. The average Bonchev–Trinajstić information content (AvgIpc) is 2.71. The zero-order chi connectivity index (χ0) is 19.1. The van der Waals surface area contributed by atoms with Gasteiger partial charge in [-0.15, -0.1) is 24.0 Å². The maximum absolute atomic E-state index is 5.97. The van der Waals surface area contributed by atoms with Crippen LogP contribution in [-0.2, 0) is 17.8 Å². The standard InChI is InChI=1S/C21H27ClN4O.HI/c1-23-21(25(2)16-17-7-9-19(22)10-8-17)24-15-18-5-3-4-6-20(18)26-11-13-27-14-12-26;/h3-10H,11-16H2,1-2H3,(H,23,24);1H. The molecule has 3 rings (SSSR count). The van der Waals surface area contributed by atoms with Crippen LogP contribution in [0.2, 0.25) is 5.02 Å². The lowest BCUT2D eigenvalue weighted by molar-refractivity contribution is 0.122. The molecule has 1 N–H and O–H groups in total. The van der Waals surface area contributed by atoms with Gasteiger partial charge >= 0.3 is 0 Å². The van der Waals surface area contributed by atoms with Gasteiger partial charge < -0.3 is 19.9 Å². The number of rotatable bonds is 5. The van der Waals surface area contributed by atoms with E-state index in [9.17, 15) is 0 Å². The van der Waals surface area contributed by atoms with Crippen molar-refractivity contribution in [2.24, 2.45) is 4.99 Å². The van der Waals surface area contributed by atoms with Crippen LogP contribution in [0.5, 0.6) is 0 Å². The number of halogens is 2. The van der Waals surface area contributed by atoms with E-state index in [-0.39, 0.29) is 24.0 Å². The van der Waals surface area contributed by atoms with Crippen molar-refractivity contribution in [1.29, 1.82) is 0 Å². The Balaban J connectivity index is 0.00000280. The molecule has 0 aromatic heterocycles. The van der Waals surface area contributed by atoms with Crippen molar-refractivity contribution in [3.63, 3.8) is 0 Å². The highest BCUT2D eigenvalue weighted by atomic mass is 127. The first-order valence-electron chi connectivity index (χ1n) is 9.24. The molecule has 0 amide bonds. The van der Waals surface area contributed by atoms with E-state index in [1.807, 2.05) is 38.4 Å². The molecule has 0 unspecified atom stereocenters. The molecule has 5 nitrogen and oxygen atoms in total. The van der Waals surface area contributed by atoms with Crippen LogP contribution >= 0.6 is 35.6 Å². The molecule has 0 atom stereocenters. The van der Waals surface area contributed by atoms with Crippen molar-refractivity contribution in [2.45, 2.75) is 13.1 Å². The monoisotopic (exact) mass is 514 g/mol. The maximum atomic E-state index is 5.97. The van der Waals surface area contributed by atoms with Crippen LogP contribution in [0.3, 0.4) is 0 Å². The summed E-state index contributed by atoms with van der Waals surface area (Å²) in [7, 11) is 3.85. The molecule has 0 radical (unpaired) electrons. The lowest BCUT2D eigenvalue weighted by Gasteiger charge is -2.31. The number of hydrogen-bond donors (Lipinski definition) is 1. The quantitative estimate of drug-likeness (QED) is 0.372. The summed E-state index contributed by atoms with van der Waals surface area (Å²) in [5.41, 5.74) is 3.73. The second-order valence-electron chi connectivity index (χ2n) is 6.61. The van der Waals surface area contributed by atoms with Gasteiger partial charge in [-0.1, -0.05) is 41.9 Å². The molecule has 0 bridgehead atoms. The summed E-state index contributed by atoms with van der Waals surface area (Å²) in [6, 6.07) is 16.4. The van der Waals surface area contributed by atoms with Crippen LogP contribution in [0.1, 0.15) is 11.1 Å². The minimum atomic E-state index is 0. The molecule has 0 saturated carbocycles. The summed E-state index contributed by atoms with van der Waals surface area (Å²) in [5, 5.41) is 4.24. The molecule has 1 aliphatic heterocycles. The lowest BCUT2D eigenvalue weighted by Crippen LogP contribution is -2.39. The van der Waals surface area contributed by atoms with E-state index in [2.05, 4.69) is 44.4 Å². The molecule has 0 aliphatic carbocycles. The van der Waals surface area contributed by atoms with Crippen LogP contribution in [-0.4, -0.2) is 51.3 Å². The molecule has 152 valence electrons. The number of ether oxygens (including phenoxy) is 1. The molecule has 1 heterocycles. The number of hydrogen-bond acceptors (Lipinski definition) is 3. The molecule has 2 aromatic carbocycles. The molecular formula is C21H28ClIN4O. The van der Waals surface area contributed by atoms with Crippen molar-refractivity contribution >= 4 is 47.2 Å². The van der Waals surface area contributed by atoms with E-state index in [0.717, 1.165) is 50.4 Å². The van der Waals surface area contributed by atoms with Crippen LogP contribution in [0.4, 0.5) is 5.69 Å². The minimum Gasteiger partial charge on any atom is -0.378 e. The summed E-state index contributed by atoms with van der Waals surface area (Å²) >= 11 is 5.97. The average molecular weight is 515 g/mol. The summed E-state index contributed by atoms with van der Waals surface area (Å²) in [6.07, 6.45) is 0. The van der Waals surface area contributed by atoms with Crippen molar-refractivity contribution in [3.05, 3.63) is 64.7 Å². The maximum Gasteiger partial charge on any atom is 0.193 e. The molecule has 28 heavy (non-hydrogen) atoms. The number of nitrogens with one attached hydrogen (secondary N) is 1. The Labute approximate surface area is 189 Å². The van der Waals surface area contributed by atoms with E-state index in [0.29, 0.717) is 0 Å². The van der Waals surface area contributed by atoms with Gasteiger partial charge in [0.05, 0.1) is 13.2 Å². The predicted octanol–water partition coefficient (Wildman–Crippen LogP) is 4.00. The highest BCUT2D eigenvalue weighted by Gasteiger charge is 2.15. The number of anilines is 1. The van der Waals surface area contributed by atoms with Crippen molar-refractivity contribution < 1.29 is 4.74 Å². The highest BCUT2D eigenvalue weighted by Crippen LogP contribution is 2.21. The SMILES string of the molecule is CN=C(NCc1ccccc1N1CCOCC1)N(C)Cc1ccc(Cl)cc1.I. The Kier molecular flexibility index (Phi) is 9.34. The number of guanidine groups is 1. The third kappa shape index (κ3) is 6.25. The Morgan fingerprint density at radius 2 is 1.82 bits per heavy atom. The van der Waals surface area contributed by atoms with E-state index in [4.69, 9.17) is 16.3 Å². The van der Waals surface area contributed by atoms with Gasteiger partial charge in [-0.2, -0.15) is 0 Å². The zero-order valence-corrected chi connectivity index (χ0v) is 19.5. The number of benzene rings is 2. The Morgan fingerprint density at radius 3 is 2.50 bits per heavy atom. The number of aliphatic imine (C=N–C) groups is 1. The smallest absolute Gasteiger partial charge is 0.193 e. The first kappa shape index (κ1) is 22.8. The lowest BCUT2D eigenvalue weighted by atomic mass is 10.1. The van der Waals surface area contributed by atoms with E-state index in [1.54, 1.807) is 0 Å². The molecule has 2 aromatic rings. The largest absolute Gasteiger partial charge is 0.378 e. The summed E-state index contributed by atoms with van der Waals surface area (Å²) in [5.74, 6) is 0.863. The van der Waals surface area contributed by atoms with Crippen LogP contribution in [0, 0.1) is 0 Å². The second-order valence-corrected chi connectivity index (χ2v) is 7.05. The summed E-state index contributed by atoms with van der Waals surface area (Å²) < 4.78 is 5.48.